The number of nitrogens with one attached hydrogen (secondary N) is 2. The van der Waals surface area contributed by atoms with Gasteiger partial charge in [-0.15, -0.1) is 0 Å². The van der Waals surface area contributed by atoms with Crippen LogP contribution in [0.4, 0.5) is 20.2 Å². The quantitative estimate of drug-likeness (QED) is 0.530. The highest BCUT2D eigenvalue weighted by Crippen LogP contribution is 2.30. The normalized spacial score (nSPS) is 15.7. The van der Waals surface area contributed by atoms with Gasteiger partial charge < -0.3 is 10.6 Å². The van der Waals surface area contributed by atoms with Gasteiger partial charge >= 0.3 is 0 Å². The molecule has 176 valence electrons. The summed E-state index contributed by atoms with van der Waals surface area (Å²) in [7, 11) is 0. The van der Waals surface area contributed by atoms with Crippen LogP contribution in [-0.4, -0.2) is 21.6 Å². The predicted octanol–water partition coefficient (Wildman–Crippen LogP) is 5.41. The average Bonchev–Trinajstić information content (AvgIpc) is 3.45. The summed E-state index contributed by atoms with van der Waals surface area (Å²) < 4.78 is 30.3. The van der Waals surface area contributed by atoms with E-state index in [1.165, 1.54) is 28.9 Å². The summed E-state index contributed by atoms with van der Waals surface area (Å²) in [6.07, 6.45) is 6.97. The minimum Gasteiger partial charge on any atom is -0.323 e. The van der Waals surface area contributed by atoms with Gasteiger partial charge in [-0.25, -0.2) is 13.5 Å². The van der Waals surface area contributed by atoms with Gasteiger partial charge in [0.15, 0.2) is 5.69 Å². The Kier molecular flexibility index (Phi) is 6.13. The lowest BCUT2D eigenvalue weighted by molar-refractivity contribution is -0.120. The largest absolute Gasteiger partial charge is 0.323 e. The van der Waals surface area contributed by atoms with Crippen LogP contribution in [-0.2, 0) is 17.6 Å². The lowest BCUT2D eigenvalue weighted by Gasteiger charge is -2.21. The molecule has 2 aromatic carbocycles. The van der Waals surface area contributed by atoms with Crippen LogP contribution in [0.15, 0.2) is 42.5 Å². The molecular formula is C26H26F2N4O2. The number of amides is 2. The molecule has 0 spiro atoms. The van der Waals surface area contributed by atoms with E-state index in [1.807, 2.05) is 0 Å². The Morgan fingerprint density at radius 3 is 2.50 bits per heavy atom. The first-order valence-corrected chi connectivity index (χ1v) is 11.8. The number of hydrogen-bond donors (Lipinski definition) is 2. The van der Waals surface area contributed by atoms with E-state index in [4.69, 9.17) is 0 Å². The van der Waals surface area contributed by atoms with Gasteiger partial charge in [-0.2, -0.15) is 5.10 Å². The number of nitrogens with zero attached hydrogens (tertiary/aromatic N) is 2. The first-order valence-electron chi connectivity index (χ1n) is 11.8. The Morgan fingerprint density at radius 2 is 1.71 bits per heavy atom. The lowest BCUT2D eigenvalue weighted by Crippen LogP contribution is -2.25. The van der Waals surface area contributed by atoms with E-state index in [-0.39, 0.29) is 23.2 Å². The second-order valence-corrected chi connectivity index (χ2v) is 8.96. The summed E-state index contributed by atoms with van der Waals surface area (Å²) in [5, 5.41) is 9.87. The maximum Gasteiger partial charge on any atom is 0.276 e. The highest BCUT2D eigenvalue weighted by molar-refractivity contribution is 6.04. The highest BCUT2D eigenvalue weighted by atomic mass is 19.1. The second-order valence-electron chi connectivity index (χ2n) is 8.96. The van der Waals surface area contributed by atoms with Crippen molar-refractivity contribution < 1.29 is 18.4 Å². The Balaban J connectivity index is 1.37. The van der Waals surface area contributed by atoms with E-state index >= 15 is 0 Å². The molecule has 0 saturated heterocycles. The van der Waals surface area contributed by atoms with Gasteiger partial charge in [0.25, 0.3) is 5.91 Å². The smallest absolute Gasteiger partial charge is 0.276 e. The number of rotatable bonds is 5. The molecule has 34 heavy (non-hydrogen) atoms. The molecule has 0 aliphatic heterocycles. The van der Waals surface area contributed by atoms with Crippen LogP contribution in [0, 0.1) is 17.6 Å². The zero-order valence-electron chi connectivity index (χ0n) is 18.7. The van der Waals surface area contributed by atoms with Crippen molar-refractivity contribution in [2.45, 2.75) is 51.4 Å². The molecular weight excluding hydrogens is 438 g/mol. The zero-order valence-corrected chi connectivity index (χ0v) is 18.7. The number of hydrogen-bond acceptors (Lipinski definition) is 3. The fraction of sp³-hybridized carbons (Fsp3) is 0.346. The number of carbonyl (C=O) groups excluding carboxylic acids is 2. The van der Waals surface area contributed by atoms with Crippen molar-refractivity contribution >= 4 is 23.2 Å². The van der Waals surface area contributed by atoms with E-state index in [9.17, 15) is 18.4 Å². The molecule has 6 nitrogen and oxygen atoms in total. The molecule has 1 aromatic heterocycles. The Morgan fingerprint density at radius 1 is 0.912 bits per heavy atom. The monoisotopic (exact) mass is 464 g/mol. The summed E-state index contributed by atoms with van der Waals surface area (Å²) in [6.45, 7) is 0. The number of fused-ring (bicyclic) bond motifs is 1. The van der Waals surface area contributed by atoms with Gasteiger partial charge in [-0.05, 0) is 62.4 Å². The number of carbonyl (C=O) groups is 2. The van der Waals surface area contributed by atoms with Gasteiger partial charge in [-0.1, -0.05) is 31.4 Å². The number of halogens is 2. The summed E-state index contributed by atoms with van der Waals surface area (Å²) in [5.74, 6) is -1.74. The summed E-state index contributed by atoms with van der Waals surface area (Å²) in [5.41, 5.74) is 2.54. The van der Waals surface area contributed by atoms with Gasteiger partial charge in [-0.3, -0.25) is 9.59 Å². The van der Waals surface area contributed by atoms with Crippen LogP contribution in [0.2, 0.25) is 0 Å². The fourth-order valence-electron chi connectivity index (χ4n) is 4.93. The maximum atomic E-state index is 14.4. The summed E-state index contributed by atoms with van der Waals surface area (Å²) in [6, 6.07) is 10.4. The van der Waals surface area contributed by atoms with Crippen LogP contribution in [0.25, 0.3) is 5.69 Å². The van der Waals surface area contributed by atoms with Crippen LogP contribution in [0.1, 0.15) is 60.3 Å². The second kappa shape index (κ2) is 9.37. The Hall–Kier alpha value is -3.55. The predicted molar refractivity (Wildman–Crippen MR) is 125 cm³/mol. The number of aromatic nitrogens is 2. The van der Waals surface area contributed by atoms with Crippen molar-refractivity contribution in [3.63, 3.8) is 0 Å². The molecule has 1 heterocycles. The van der Waals surface area contributed by atoms with Crippen LogP contribution < -0.4 is 10.6 Å². The van der Waals surface area contributed by atoms with Crippen molar-refractivity contribution in [3.8, 4) is 5.69 Å². The first kappa shape index (κ1) is 22.3. The molecule has 2 N–H and O–H groups in total. The molecule has 3 aromatic rings. The average molecular weight is 465 g/mol. The topological polar surface area (TPSA) is 76.0 Å². The van der Waals surface area contributed by atoms with Crippen molar-refractivity contribution in [2.24, 2.45) is 5.92 Å². The Bertz CT molecular complexity index is 1250. The molecule has 2 aliphatic carbocycles. The molecule has 1 saturated carbocycles. The van der Waals surface area contributed by atoms with Crippen molar-refractivity contribution in [1.29, 1.82) is 0 Å². The first-order chi connectivity index (χ1) is 16.5. The number of para-hydroxylation sites is 1. The van der Waals surface area contributed by atoms with Crippen molar-refractivity contribution in [2.75, 3.05) is 10.6 Å². The summed E-state index contributed by atoms with van der Waals surface area (Å²) in [4.78, 5) is 25.7. The van der Waals surface area contributed by atoms with E-state index in [2.05, 4.69) is 15.7 Å². The molecule has 5 rings (SSSR count). The molecule has 0 atom stereocenters. The van der Waals surface area contributed by atoms with Gasteiger partial charge in [0.05, 0.1) is 5.69 Å². The molecule has 0 unspecified atom stereocenters. The van der Waals surface area contributed by atoms with Crippen LogP contribution in [0.5, 0.6) is 0 Å². The number of anilines is 2. The highest BCUT2D eigenvalue weighted by Gasteiger charge is 2.28. The van der Waals surface area contributed by atoms with Crippen molar-refractivity contribution in [3.05, 3.63) is 71.1 Å². The standard InChI is InChI=1S/C26H26F2N4O2/c27-19-14-13-17(15-21(19)30-25(33)16-7-2-1-3-8-16)29-26(34)24-18-9-6-12-22(18)32(31-24)23-11-5-4-10-20(23)28/h4-5,10-11,13-16H,1-3,6-9,12H2,(H,29,34)(H,30,33). The van der Waals surface area contributed by atoms with Gasteiger partial charge in [0, 0.05) is 22.9 Å². The summed E-state index contributed by atoms with van der Waals surface area (Å²) >= 11 is 0. The molecule has 0 radical (unpaired) electrons. The third kappa shape index (κ3) is 4.32. The molecule has 2 amide bonds. The SMILES string of the molecule is O=C(Nc1ccc(F)c(NC(=O)C2CCCCC2)c1)c1nn(-c2ccccc2F)c2c1CCC2. The van der Waals surface area contributed by atoms with Gasteiger partial charge in [0.2, 0.25) is 5.91 Å². The fourth-order valence-corrected chi connectivity index (χ4v) is 4.93. The van der Waals surface area contributed by atoms with Crippen LogP contribution in [0.3, 0.4) is 0 Å². The van der Waals surface area contributed by atoms with E-state index < -0.39 is 17.5 Å². The molecule has 0 bridgehead atoms. The third-order valence-corrected chi connectivity index (χ3v) is 6.68. The lowest BCUT2D eigenvalue weighted by atomic mass is 9.88. The third-order valence-electron chi connectivity index (χ3n) is 6.68. The molecule has 2 aliphatic rings. The van der Waals surface area contributed by atoms with E-state index in [0.717, 1.165) is 49.8 Å². The van der Waals surface area contributed by atoms with Crippen LogP contribution >= 0.6 is 0 Å². The minimum atomic E-state index is -0.563. The minimum absolute atomic E-state index is 0.0375. The molecule has 1 fully saturated rings. The van der Waals surface area contributed by atoms with Crippen molar-refractivity contribution in [1.82, 2.24) is 9.78 Å². The van der Waals surface area contributed by atoms with E-state index in [0.29, 0.717) is 24.2 Å². The Labute approximate surface area is 196 Å². The zero-order chi connectivity index (χ0) is 23.7. The molecule has 8 heteroatoms. The maximum absolute atomic E-state index is 14.4. The van der Waals surface area contributed by atoms with E-state index in [1.54, 1.807) is 18.2 Å². The van der Waals surface area contributed by atoms with Gasteiger partial charge in [0.1, 0.15) is 17.3 Å². The number of benzene rings is 2.